The van der Waals surface area contributed by atoms with Crippen molar-refractivity contribution in [3.63, 3.8) is 0 Å². The van der Waals surface area contributed by atoms with E-state index in [0.717, 1.165) is 38.3 Å². The van der Waals surface area contributed by atoms with Gasteiger partial charge in [0, 0.05) is 12.5 Å². The van der Waals surface area contributed by atoms with Crippen molar-refractivity contribution in [2.75, 3.05) is 19.6 Å². The Labute approximate surface area is 153 Å². The van der Waals surface area contributed by atoms with Gasteiger partial charge in [0.15, 0.2) is 0 Å². The number of nitrogens with zero attached hydrogens (tertiary/aromatic N) is 1. The van der Waals surface area contributed by atoms with Gasteiger partial charge in [-0.3, -0.25) is 0 Å². The van der Waals surface area contributed by atoms with Gasteiger partial charge in [0.05, 0.1) is 11.7 Å². The second-order valence-electron chi connectivity index (χ2n) is 8.86. The van der Waals surface area contributed by atoms with E-state index in [1.807, 2.05) is 6.92 Å². The molecule has 1 aliphatic carbocycles. The molecule has 0 aromatic heterocycles. The third kappa shape index (κ3) is 5.06. The van der Waals surface area contributed by atoms with Gasteiger partial charge in [0.25, 0.3) is 0 Å². The first-order chi connectivity index (χ1) is 11.9. The Kier molecular flexibility index (Phi) is 6.19. The number of benzene rings is 1. The molecule has 140 valence electrons. The molecule has 1 saturated carbocycles. The highest BCUT2D eigenvalue weighted by Gasteiger charge is 2.41. The zero-order valence-corrected chi connectivity index (χ0v) is 15.9. The number of aliphatic hydroxyl groups is 2. The van der Waals surface area contributed by atoms with Crippen molar-refractivity contribution in [2.24, 2.45) is 17.8 Å². The van der Waals surface area contributed by atoms with E-state index < -0.39 is 5.60 Å². The van der Waals surface area contributed by atoms with Crippen LogP contribution in [-0.4, -0.2) is 46.5 Å². The molecule has 2 N–H and O–H groups in total. The maximum atomic E-state index is 11.0. The monoisotopic (exact) mass is 345 g/mol. The SMILES string of the molecule is C[C@@H]1CC[C@@H]([C@@](C)(O)CN2CCC(Cc3ccccc3)CC2)[C@H](O)C1. The molecule has 1 saturated heterocycles. The molecule has 2 aliphatic rings. The standard InChI is InChI=1S/C22H35NO2/c1-17-8-9-20(21(24)14-17)22(2,25)16-23-12-10-19(11-13-23)15-18-6-4-3-5-7-18/h3-7,17,19-21,24-25H,8-16H2,1-2H3/t17-,20-,21-,22+/m1/s1. The molecular formula is C22H35NO2. The summed E-state index contributed by atoms with van der Waals surface area (Å²) < 4.78 is 0. The summed E-state index contributed by atoms with van der Waals surface area (Å²) in [7, 11) is 0. The molecule has 0 radical (unpaired) electrons. The Balaban J connectivity index is 1.48. The maximum absolute atomic E-state index is 11.0. The van der Waals surface area contributed by atoms with Gasteiger partial charge in [0.1, 0.15) is 0 Å². The molecule has 0 spiro atoms. The van der Waals surface area contributed by atoms with E-state index in [4.69, 9.17) is 0 Å². The van der Waals surface area contributed by atoms with Crippen LogP contribution in [0.5, 0.6) is 0 Å². The van der Waals surface area contributed by atoms with Gasteiger partial charge in [-0.05, 0) is 69.5 Å². The van der Waals surface area contributed by atoms with Crippen LogP contribution in [0.1, 0.15) is 51.5 Å². The fourth-order valence-electron chi connectivity index (χ4n) is 4.94. The summed E-state index contributed by atoms with van der Waals surface area (Å²) in [6, 6.07) is 10.8. The zero-order chi connectivity index (χ0) is 17.9. The van der Waals surface area contributed by atoms with Crippen LogP contribution in [0, 0.1) is 17.8 Å². The van der Waals surface area contributed by atoms with Gasteiger partial charge in [-0.25, -0.2) is 0 Å². The van der Waals surface area contributed by atoms with Crippen molar-refractivity contribution in [3.8, 4) is 0 Å². The van der Waals surface area contributed by atoms with E-state index in [2.05, 4.69) is 42.2 Å². The number of hydrogen-bond acceptors (Lipinski definition) is 3. The summed E-state index contributed by atoms with van der Waals surface area (Å²) in [5, 5.41) is 21.5. The molecule has 0 bridgehead atoms. The predicted molar refractivity (Wildman–Crippen MR) is 102 cm³/mol. The smallest absolute Gasteiger partial charge is 0.0798 e. The van der Waals surface area contributed by atoms with Crippen molar-refractivity contribution >= 4 is 0 Å². The Morgan fingerprint density at radius 1 is 1.08 bits per heavy atom. The molecule has 0 amide bonds. The minimum Gasteiger partial charge on any atom is -0.393 e. The molecule has 3 rings (SSSR count). The molecule has 2 fully saturated rings. The number of β-amino-alcohol motifs (C(OH)–C–C–N with tert-alkyl or cyclic N) is 1. The molecule has 0 unspecified atom stereocenters. The largest absolute Gasteiger partial charge is 0.393 e. The van der Waals surface area contributed by atoms with Gasteiger partial charge in [-0.15, -0.1) is 0 Å². The van der Waals surface area contributed by atoms with Crippen molar-refractivity contribution in [3.05, 3.63) is 35.9 Å². The highest BCUT2D eigenvalue weighted by molar-refractivity contribution is 5.15. The van der Waals surface area contributed by atoms with E-state index >= 15 is 0 Å². The lowest BCUT2D eigenvalue weighted by Crippen LogP contribution is -2.53. The lowest BCUT2D eigenvalue weighted by atomic mass is 9.72. The van der Waals surface area contributed by atoms with Gasteiger partial charge in [-0.2, -0.15) is 0 Å². The Morgan fingerprint density at radius 2 is 1.76 bits per heavy atom. The second-order valence-corrected chi connectivity index (χ2v) is 8.86. The molecule has 1 aromatic rings. The lowest BCUT2D eigenvalue weighted by molar-refractivity contribution is -0.100. The van der Waals surface area contributed by atoms with Crippen molar-refractivity contribution in [2.45, 2.75) is 64.1 Å². The fourth-order valence-corrected chi connectivity index (χ4v) is 4.94. The molecule has 3 nitrogen and oxygen atoms in total. The zero-order valence-electron chi connectivity index (χ0n) is 15.9. The van der Waals surface area contributed by atoms with Crippen LogP contribution in [-0.2, 0) is 6.42 Å². The first kappa shape index (κ1) is 18.9. The normalized spacial score (nSPS) is 31.6. The predicted octanol–water partition coefficient (Wildman–Crippen LogP) is 3.49. The van der Waals surface area contributed by atoms with E-state index in [1.54, 1.807) is 0 Å². The topological polar surface area (TPSA) is 43.7 Å². The van der Waals surface area contributed by atoms with Gasteiger partial charge >= 0.3 is 0 Å². The number of rotatable bonds is 5. The molecule has 1 heterocycles. The van der Waals surface area contributed by atoms with E-state index in [9.17, 15) is 10.2 Å². The summed E-state index contributed by atoms with van der Waals surface area (Å²) in [4.78, 5) is 2.41. The molecular weight excluding hydrogens is 310 g/mol. The Bertz CT molecular complexity index is 522. The maximum Gasteiger partial charge on any atom is 0.0798 e. The van der Waals surface area contributed by atoms with E-state index in [1.165, 1.54) is 24.8 Å². The van der Waals surface area contributed by atoms with Crippen LogP contribution >= 0.6 is 0 Å². The summed E-state index contributed by atoms with van der Waals surface area (Å²) in [6.45, 7) is 6.96. The van der Waals surface area contributed by atoms with Crippen LogP contribution in [0.3, 0.4) is 0 Å². The van der Waals surface area contributed by atoms with Crippen LogP contribution in [0.15, 0.2) is 30.3 Å². The van der Waals surface area contributed by atoms with Crippen molar-refractivity contribution in [1.82, 2.24) is 4.90 Å². The van der Waals surface area contributed by atoms with Crippen molar-refractivity contribution in [1.29, 1.82) is 0 Å². The van der Waals surface area contributed by atoms with Crippen LogP contribution in [0.4, 0.5) is 0 Å². The fraction of sp³-hybridized carbons (Fsp3) is 0.727. The van der Waals surface area contributed by atoms with E-state index in [-0.39, 0.29) is 12.0 Å². The van der Waals surface area contributed by atoms with Crippen LogP contribution < -0.4 is 0 Å². The first-order valence-corrected chi connectivity index (χ1v) is 10.1. The number of aliphatic hydroxyl groups excluding tert-OH is 1. The number of piperidine rings is 1. The quantitative estimate of drug-likeness (QED) is 0.858. The Morgan fingerprint density at radius 3 is 2.40 bits per heavy atom. The third-order valence-corrected chi connectivity index (χ3v) is 6.50. The highest BCUT2D eigenvalue weighted by Crippen LogP contribution is 2.36. The summed E-state index contributed by atoms with van der Waals surface area (Å²) in [5.41, 5.74) is 0.652. The van der Waals surface area contributed by atoms with Gasteiger partial charge < -0.3 is 15.1 Å². The second kappa shape index (κ2) is 8.20. The average Bonchev–Trinajstić information content (AvgIpc) is 2.57. The van der Waals surface area contributed by atoms with Gasteiger partial charge in [0.2, 0.25) is 0 Å². The molecule has 1 aliphatic heterocycles. The molecule has 25 heavy (non-hydrogen) atoms. The highest BCUT2D eigenvalue weighted by atomic mass is 16.3. The summed E-state index contributed by atoms with van der Waals surface area (Å²) in [6.07, 6.45) is 6.13. The lowest BCUT2D eigenvalue weighted by Gasteiger charge is -2.44. The van der Waals surface area contributed by atoms with E-state index in [0.29, 0.717) is 12.5 Å². The first-order valence-electron chi connectivity index (χ1n) is 10.1. The third-order valence-electron chi connectivity index (χ3n) is 6.50. The summed E-state index contributed by atoms with van der Waals surface area (Å²) >= 11 is 0. The minimum atomic E-state index is -0.786. The van der Waals surface area contributed by atoms with Crippen molar-refractivity contribution < 1.29 is 10.2 Å². The molecule has 3 heteroatoms. The molecule has 4 atom stereocenters. The minimum absolute atomic E-state index is 0.0192. The summed E-state index contributed by atoms with van der Waals surface area (Å²) in [5.74, 6) is 1.35. The number of likely N-dealkylation sites (tertiary alicyclic amines) is 1. The average molecular weight is 346 g/mol. The Hall–Kier alpha value is -0.900. The van der Waals surface area contributed by atoms with Crippen LogP contribution in [0.25, 0.3) is 0 Å². The number of hydrogen-bond donors (Lipinski definition) is 2. The van der Waals surface area contributed by atoms with Crippen LogP contribution in [0.2, 0.25) is 0 Å². The molecule has 1 aromatic carbocycles. The van der Waals surface area contributed by atoms with Gasteiger partial charge in [-0.1, -0.05) is 43.7 Å².